The van der Waals surface area contributed by atoms with Gasteiger partial charge >= 0.3 is 5.97 Å². The fourth-order valence-corrected chi connectivity index (χ4v) is 1.94. The molecule has 2 rings (SSSR count). The van der Waals surface area contributed by atoms with E-state index in [-0.39, 0.29) is 12.5 Å². The van der Waals surface area contributed by atoms with E-state index in [1.807, 2.05) is 24.4 Å². The van der Waals surface area contributed by atoms with Crippen LogP contribution >= 0.6 is 0 Å². The number of carboxylic acids is 1. The Balaban J connectivity index is 1.99. The molecule has 2 aromatic rings. The zero-order valence-electron chi connectivity index (χ0n) is 9.52. The third-order valence-electron chi connectivity index (χ3n) is 2.84. The van der Waals surface area contributed by atoms with Crippen molar-refractivity contribution in [2.75, 3.05) is 0 Å². The summed E-state index contributed by atoms with van der Waals surface area (Å²) in [5, 5.41) is 9.74. The molecule has 0 spiro atoms. The Hall–Kier alpha value is -1.81. The Morgan fingerprint density at radius 3 is 3.00 bits per heavy atom. The third kappa shape index (κ3) is 3.07. The SMILES string of the molecule is NC(CCC(=O)O)Cc1ccc2[nH]ccc2c1. The summed E-state index contributed by atoms with van der Waals surface area (Å²) >= 11 is 0. The van der Waals surface area contributed by atoms with Crippen molar-refractivity contribution in [1.29, 1.82) is 0 Å². The van der Waals surface area contributed by atoms with Crippen molar-refractivity contribution in [2.45, 2.75) is 25.3 Å². The van der Waals surface area contributed by atoms with Gasteiger partial charge < -0.3 is 15.8 Å². The maximum Gasteiger partial charge on any atom is 0.303 e. The Labute approximate surface area is 99.4 Å². The number of nitrogens with one attached hydrogen (secondary N) is 1. The summed E-state index contributed by atoms with van der Waals surface area (Å²) < 4.78 is 0. The first-order chi connectivity index (χ1) is 8.15. The van der Waals surface area contributed by atoms with E-state index in [0.717, 1.165) is 16.5 Å². The molecule has 4 N–H and O–H groups in total. The van der Waals surface area contributed by atoms with Crippen LogP contribution in [0.2, 0.25) is 0 Å². The summed E-state index contributed by atoms with van der Waals surface area (Å²) in [5.41, 5.74) is 8.15. The lowest BCUT2D eigenvalue weighted by atomic mass is 10.0. The van der Waals surface area contributed by atoms with Crippen LogP contribution in [0.25, 0.3) is 10.9 Å². The highest BCUT2D eigenvalue weighted by molar-refractivity contribution is 5.79. The summed E-state index contributed by atoms with van der Waals surface area (Å²) in [4.78, 5) is 13.6. The fourth-order valence-electron chi connectivity index (χ4n) is 1.94. The van der Waals surface area contributed by atoms with E-state index in [9.17, 15) is 4.79 Å². The van der Waals surface area contributed by atoms with Crippen molar-refractivity contribution >= 4 is 16.9 Å². The molecule has 1 heterocycles. The number of rotatable bonds is 5. The fraction of sp³-hybridized carbons (Fsp3) is 0.308. The number of carboxylic acid groups (broad SMARTS) is 1. The van der Waals surface area contributed by atoms with E-state index >= 15 is 0 Å². The summed E-state index contributed by atoms with van der Waals surface area (Å²) in [5.74, 6) is -0.790. The van der Waals surface area contributed by atoms with E-state index in [2.05, 4.69) is 11.1 Å². The van der Waals surface area contributed by atoms with Crippen molar-refractivity contribution in [3.8, 4) is 0 Å². The minimum atomic E-state index is -0.790. The highest BCUT2D eigenvalue weighted by Crippen LogP contribution is 2.15. The predicted octanol–water partition coefficient (Wildman–Crippen LogP) is 1.90. The minimum Gasteiger partial charge on any atom is -0.481 e. The quantitative estimate of drug-likeness (QED) is 0.736. The normalized spacial score (nSPS) is 12.8. The monoisotopic (exact) mass is 232 g/mol. The lowest BCUT2D eigenvalue weighted by Gasteiger charge is -2.10. The molecule has 90 valence electrons. The molecule has 0 saturated heterocycles. The van der Waals surface area contributed by atoms with Crippen LogP contribution in [0.1, 0.15) is 18.4 Å². The van der Waals surface area contributed by atoms with Gasteiger partial charge in [0.15, 0.2) is 0 Å². The predicted molar refractivity (Wildman–Crippen MR) is 66.8 cm³/mol. The van der Waals surface area contributed by atoms with Gasteiger partial charge in [-0.3, -0.25) is 4.79 Å². The van der Waals surface area contributed by atoms with Crippen molar-refractivity contribution in [3.05, 3.63) is 36.0 Å². The Morgan fingerprint density at radius 2 is 2.24 bits per heavy atom. The lowest BCUT2D eigenvalue weighted by molar-refractivity contribution is -0.137. The van der Waals surface area contributed by atoms with Crippen LogP contribution in [0.15, 0.2) is 30.5 Å². The van der Waals surface area contributed by atoms with Gasteiger partial charge in [0.1, 0.15) is 0 Å². The number of aliphatic carboxylic acids is 1. The molecule has 4 heteroatoms. The molecule has 1 aromatic heterocycles. The summed E-state index contributed by atoms with van der Waals surface area (Å²) in [7, 11) is 0. The van der Waals surface area contributed by atoms with Crippen LogP contribution in [0, 0.1) is 0 Å². The van der Waals surface area contributed by atoms with E-state index in [1.54, 1.807) is 0 Å². The Morgan fingerprint density at radius 1 is 1.41 bits per heavy atom. The molecular formula is C13H16N2O2. The number of benzene rings is 1. The molecule has 1 atom stereocenters. The second kappa shape index (κ2) is 5.01. The van der Waals surface area contributed by atoms with E-state index < -0.39 is 5.97 Å². The minimum absolute atomic E-state index is 0.0949. The number of aromatic amines is 1. The average molecular weight is 232 g/mol. The van der Waals surface area contributed by atoms with Gasteiger partial charge in [-0.25, -0.2) is 0 Å². The largest absolute Gasteiger partial charge is 0.481 e. The van der Waals surface area contributed by atoms with Gasteiger partial charge in [0.25, 0.3) is 0 Å². The van der Waals surface area contributed by atoms with Gasteiger partial charge in [0, 0.05) is 24.2 Å². The van der Waals surface area contributed by atoms with E-state index in [0.29, 0.717) is 12.8 Å². The highest BCUT2D eigenvalue weighted by atomic mass is 16.4. The topological polar surface area (TPSA) is 79.1 Å². The summed E-state index contributed by atoms with van der Waals surface area (Å²) in [6.45, 7) is 0. The highest BCUT2D eigenvalue weighted by Gasteiger charge is 2.07. The number of carbonyl (C=O) groups is 1. The molecule has 1 aromatic carbocycles. The second-order valence-corrected chi connectivity index (χ2v) is 4.30. The Kier molecular flexibility index (Phi) is 3.44. The Bertz CT molecular complexity index is 519. The van der Waals surface area contributed by atoms with Crippen LogP contribution in [-0.4, -0.2) is 22.1 Å². The summed E-state index contributed by atoms with van der Waals surface area (Å²) in [6, 6.07) is 8.06. The molecule has 0 aliphatic carbocycles. The van der Waals surface area contributed by atoms with Crippen LogP contribution < -0.4 is 5.73 Å². The first-order valence-electron chi connectivity index (χ1n) is 5.68. The molecule has 4 nitrogen and oxygen atoms in total. The smallest absolute Gasteiger partial charge is 0.303 e. The summed E-state index contributed by atoms with van der Waals surface area (Å²) in [6.07, 6.45) is 3.27. The van der Waals surface area contributed by atoms with Crippen molar-refractivity contribution < 1.29 is 9.90 Å². The van der Waals surface area contributed by atoms with Crippen molar-refractivity contribution in [3.63, 3.8) is 0 Å². The van der Waals surface area contributed by atoms with Crippen molar-refractivity contribution in [2.24, 2.45) is 5.73 Å². The first kappa shape index (κ1) is 11.7. The van der Waals surface area contributed by atoms with Gasteiger partial charge in [-0.15, -0.1) is 0 Å². The van der Waals surface area contributed by atoms with Gasteiger partial charge in [-0.05, 0) is 42.0 Å². The number of aromatic nitrogens is 1. The number of hydrogen-bond donors (Lipinski definition) is 3. The molecule has 0 bridgehead atoms. The first-order valence-corrected chi connectivity index (χ1v) is 5.68. The molecule has 0 aliphatic rings. The number of nitrogens with two attached hydrogens (primary N) is 1. The molecule has 17 heavy (non-hydrogen) atoms. The van der Waals surface area contributed by atoms with Crippen LogP contribution in [0.4, 0.5) is 0 Å². The second-order valence-electron chi connectivity index (χ2n) is 4.30. The van der Waals surface area contributed by atoms with Crippen molar-refractivity contribution in [1.82, 2.24) is 4.98 Å². The van der Waals surface area contributed by atoms with Gasteiger partial charge in [-0.2, -0.15) is 0 Å². The van der Waals surface area contributed by atoms with Gasteiger partial charge in [0.05, 0.1) is 0 Å². The maximum absolute atomic E-state index is 10.4. The van der Waals surface area contributed by atoms with Crippen LogP contribution in [-0.2, 0) is 11.2 Å². The lowest BCUT2D eigenvalue weighted by Crippen LogP contribution is -2.23. The molecular weight excluding hydrogens is 216 g/mol. The van der Waals surface area contributed by atoms with Gasteiger partial charge in [0.2, 0.25) is 0 Å². The molecule has 0 radical (unpaired) electrons. The maximum atomic E-state index is 10.4. The number of H-pyrrole nitrogens is 1. The van der Waals surface area contributed by atoms with Crippen LogP contribution in [0.3, 0.4) is 0 Å². The zero-order chi connectivity index (χ0) is 12.3. The average Bonchev–Trinajstić information content (AvgIpc) is 2.73. The molecule has 0 saturated carbocycles. The third-order valence-corrected chi connectivity index (χ3v) is 2.84. The molecule has 0 amide bonds. The van der Waals surface area contributed by atoms with Crippen LogP contribution in [0.5, 0.6) is 0 Å². The molecule has 1 unspecified atom stereocenters. The molecule has 0 fully saturated rings. The number of fused-ring (bicyclic) bond motifs is 1. The molecule has 0 aliphatic heterocycles. The van der Waals surface area contributed by atoms with E-state index in [1.165, 1.54) is 0 Å². The standard InChI is InChI=1S/C13H16N2O2/c14-11(2-4-13(16)17)8-9-1-3-12-10(7-9)5-6-15-12/h1,3,5-7,11,15H,2,4,8,14H2,(H,16,17). The number of hydrogen-bond acceptors (Lipinski definition) is 2. The van der Waals surface area contributed by atoms with E-state index in [4.69, 9.17) is 10.8 Å². The zero-order valence-corrected chi connectivity index (χ0v) is 9.52. The van der Waals surface area contributed by atoms with Gasteiger partial charge in [-0.1, -0.05) is 6.07 Å².